The lowest BCUT2D eigenvalue weighted by molar-refractivity contribution is 0.286. The minimum Gasteiger partial charge on any atom is -0.481 e. The van der Waals surface area contributed by atoms with E-state index in [1.807, 2.05) is 16.7 Å². The number of anilines is 1. The third kappa shape index (κ3) is 2.13. The molecule has 19 heavy (non-hydrogen) atoms. The summed E-state index contributed by atoms with van der Waals surface area (Å²) in [6, 6.07) is 3.72. The van der Waals surface area contributed by atoms with Gasteiger partial charge in [-0.1, -0.05) is 19.8 Å². The molecule has 0 aromatic carbocycles. The van der Waals surface area contributed by atoms with E-state index in [9.17, 15) is 0 Å². The lowest BCUT2D eigenvalue weighted by atomic mass is 9.89. The number of aromatic nitrogens is 3. The number of nitrogen functional groups attached to an aromatic ring is 1. The largest absolute Gasteiger partial charge is 0.481 e. The highest BCUT2D eigenvalue weighted by Gasteiger charge is 2.30. The molecule has 0 spiro atoms. The number of fused-ring (bicyclic) bond motifs is 1. The van der Waals surface area contributed by atoms with Crippen molar-refractivity contribution in [3.63, 3.8) is 0 Å². The predicted octanol–water partition coefficient (Wildman–Crippen LogP) is 2.60. The zero-order valence-corrected chi connectivity index (χ0v) is 11.5. The second kappa shape index (κ2) is 4.40. The molecule has 0 bridgehead atoms. The highest BCUT2D eigenvalue weighted by Crippen LogP contribution is 2.40. The molecule has 2 aromatic heterocycles. The summed E-state index contributed by atoms with van der Waals surface area (Å²) >= 11 is 0. The van der Waals surface area contributed by atoms with Gasteiger partial charge >= 0.3 is 0 Å². The topological polar surface area (TPSA) is 66.0 Å². The van der Waals surface area contributed by atoms with Gasteiger partial charge < -0.3 is 10.5 Å². The molecule has 0 amide bonds. The van der Waals surface area contributed by atoms with E-state index >= 15 is 0 Å². The Kier molecular flexibility index (Phi) is 2.84. The summed E-state index contributed by atoms with van der Waals surface area (Å²) in [6.07, 6.45) is 5.10. The number of nitrogens with two attached hydrogens (primary N) is 1. The molecule has 3 rings (SSSR count). The Hall–Kier alpha value is -1.78. The minimum absolute atomic E-state index is 0.312. The monoisotopic (exact) mass is 260 g/mol. The fraction of sp³-hybridized carbons (Fsp3) is 0.571. The molecule has 0 saturated heterocycles. The van der Waals surface area contributed by atoms with Crippen LogP contribution in [0.25, 0.3) is 11.2 Å². The predicted molar refractivity (Wildman–Crippen MR) is 75.1 cm³/mol. The summed E-state index contributed by atoms with van der Waals surface area (Å²) in [5.41, 5.74) is 8.02. The highest BCUT2D eigenvalue weighted by atomic mass is 16.5. The van der Waals surface area contributed by atoms with Crippen molar-refractivity contribution in [2.75, 3.05) is 12.8 Å². The zero-order chi connectivity index (χ0) is 13.5. The van der Waals surface area contributed by atoms with E-state index in [1.54, 1.807) is 7.11 Å². The van der Waals surface area contributed by atoms with Gasteiger partial charge in [0.15, 0.2) is 5.65 Å². The van der Waals surface area contributed by atoms with Crippen LogP contribution in [0.2, 0.25) is 0 Å². The summed E-state index contributed by atoms with van der Waals surface area (Å²) in [5.74, 6) is 1.15. The first-order valence-corrected chi connectivity index (χ1v) is 6.78. The van der Waals surface area contributed by atoms with Crippen LogP contribution in [-0.2, 0) is 6.54 Å². The summed E-state index contributed by atoms with van der Waals surface area (Å²) in [5, 5.41) is 0. The molecule has 2 aromatic rings. The van der Waals surface area contributed by atoms with Gasteiger partial charge in [-0.3, -0.25) is 4.57 Å². The van der Waals surface area contributed by atoms with E-state index in [1.165, 1.54) is 25.7 Å². The SMILES string of the molecule is COc1ccc2nc(N)n(CC3(C)CCCC3)c2n1. The van der Waals surface area contributed by atoms with Crippen LogP contribution in [0.3, 0.4) is 0 Å². The molecule has 1 saturated carbocycles. The molecule has 2 N–H and O–H groups in total. The summed E-state index contributed by atoms with van der Waals surface area (Å²) < 4.78 is 7.22. The number of hydrogen-bond donors (Lipinski definition) is 1. The Bertz CT molecular complexity index is 599. The smallest absolute Gasteiger partial charge is 0.215 e. The van der Waals surface area contributed by atoms with Gasteiger partial charge in [-0.2, -0.15) is 4.98 Å². The first-order chi connectivity index (χ1) is 9.11. The van der Waals surface area contributed by atoms with Gasteiger partial charge in [0.2, 0.25) is 11.8 Å². The molecular weight excluding hydrogens is 240 g/mol. The van der Waals surface area contributed by atoms with Crippen LogP contribution in [0.4, 0.5) is 5.95 Å². The number of ether oxygens (including phenoxy) is 1. The number of hydrogen-bond acceptors (Lipinski definition) is 4. The number of nitrogens with zero attached hydrogens (tertiary/aromatic N) is 3. The average Bonchev–Trinajstić information content (AvgIpc) is 2.95. The lowest BCUT2D eigenvalue weighted by Crippen LogP contribution is -2.21. The van der Waals surface area contributed by atoms with E-state index in [4.69, 9.17) is 10.5 Å². The Balaban J connectivity index is 2.03. The van der Waals surface area contributed by atoms with Crippen LogP contribution in [0.15, 0.2) is 12.1 Å². The second-order valence-corrected chi connectivity index (χ2v) is 5.77. The van der Waals surface area contributed by atoms with Crippen molar-refractivity contribution < 1.29 is 4.74 Å². The maximum Gasteiger partial charge on any atom is 0.215 e. The fourth-order valence-corrected chi connectivity index (χ4v) is 3.04. The first-order valence-electron chi connectivity index (χ1n) is 6.78. The van der Waals surface area contributed by atoms with Gasteiger partial charge in [-0.05, 0) is 24.3 Å². The van der Waals surface area contributed by atoms with Crippen LogP contribution in [-0.4, -0.2) is 21.6 Å². The van der Waals surface area contributed by atoms with E-state index in [-0.39, 0.29) is 0 Å². The number of methoxy groups -OCH3 is 1. The summed E-state index contributed by atoms with van der Waals surface area (Å²) in [7, 11) is 1.62. The molecule has 1 aliphatic carbocycles. The quantitative estimate of drug-likeness (QED) is 0.921. The van der Waals surface area contributed by atoms with Crippen LogP contribution < -0.4 is 10.5 Å². The first kappa shape index (κ1) is 12.3. The molecular formula is C14H20N4O. The van der Waals surface area contributed by atoms with Crippen molar-refractivity contribution in [3.05, 3.63) is 12.1 Å². The molecule has 0 aliphatic heterocycles. The summed E-state index contributed by atoms with van der Waals surface area (Å²) in [6.45, 7) is 3.21. The molecule has 2 heterocycles. The van der Waals surface area contributed by atoms with E-state index in [0.29, 0.717) is 17.2 Å². The zero-order valence-electron chi connectivity index (χ0n) is 11.5. The average molecular weight is 260 g/mol. The van der Waals surface area contributed by atoms with Crippen LogP contribution >= 0.6 is 0 Å². The van der Waals surface area contributed by atoms with Gasteiger partial charge in [0.1, 0.15) is 5.52 Å². The summed E-state index contributed by atoms with van der Waals surface area (Å²) in [4.78, 5) is 8.87. The fourth-order valence-electron chi connectivity index (χ4n) is 3.04. The van der Waals surface area contributed by atoms with Crippen molar-refractivity contribution >= 4 is 17.1 Å². The van der Waals surface area contributed by atoms with Crippen molar-refractivity contribution in [3.8, 4) is 5.88 Å². The van der Waals surface area contributed by atoms with E-state index < -0.39 is 0 Å². The van der Waals surface area contributed by atoms with Crippen LogP contribution in [0.1, 0.15) is 32.6 Å². The Labute approximate surface area is 112 Å². The van der Waals surface area contributed by atoms with Gasteiger partial charge in [0.25, 0.3) is 0 Å². The highest BCUT2D eigenvalue weighted by molar-refractivity contribution is 5.74. The third-order valence-corrected chi connectivity index (χ3v) is 4.16. The van der Waals surface area contributed by atoms with Crippen LogP contribution in [0, 0.1) is 5.41 Å². The van der Waals surface area contributed by atoms with Gasteiger partial charge in [-0.15, -0.1) is 0 Å². The maximum absolute atomic E-state index is 6.05. The third-order valence-electron chi connectivity index (χ3n) is 4.16. The van der Waals surface area contributed by atoms with Crippen molar-refractivity contribution in [2.45, 2.75) is 39.2 Å². The van der Waals surface area contributed by atoms with Crippen molar-refractivity contribution in [1.82, 2.24) is 14.5 Å². The van der Waals surface area contributed by atoms with Crippen molar-refractivity contribution in [2.24, 2.45) is 5.41 Å². The molecule has 1 aliphatic rings. The lowest BCUT2D eigenvalue weighted by Gasteiger charge is -2.24. The normalized spacial score (nSPS) is 18.0. The standard InChI is InChI=1S/C14H20N4O/c1-14(7-3-4-8-14)9-18-12-10(16-13(18)15)5-6-11(17-12)19-2/h5-6H,3-4,7-9H2,1-2H3,(H2,15,16). The molecule has 0 atom stereocenters. The second-order valence-electron chi connectivity index (χ2n) is 5.77. The van der Waals surface area contributed by atoms with Gasteiger partial charge in [0, 0.05) is 12.6 Å². The molecule has 102 valence electrons. The maximum atomic E-state index is 6.05. The Morgan fingerprint density at radius 2 is 2.05 bits per heavy atom. The Morgan fingerprint density at radius 3 is 2.74 bits per heavy atom. The van der Waals surface area contributed by atoms with Gasteiger partial charge in [-0.25, -0.2) is 4.98 Å². The number of pyridine rings is 1. The van der Waals surface area contributed by atoms with Gasteiger partial charge in [0.05, 0.1) is 7.11 Å². The molecule has 0 unspecified atom stereocenters. The molecule has 1 fully saturated rings. The molecule has 0 radical (unpaired) electrons. The van der Waals surface area contributed by atoms with E-state index in [2.05, 4.69) is 16.9 Å². The van der Waals surface area contributed by atoms with E-state index in [0.717, 1.165) is 17.7 Å². The molecule has 5 heteroatoms. The number of imidazole rings is 1. The van der Waals surface area contributed by atoms with Crippen LogP contribution in [0.5, 0.6) is 5.88 Å². The Morgan fingerprint density at radius 1 is 1.32 bits per heavy atom. The van der Waals surface area contributed by atoms with Crippen molar-refractivity contribution in [1.29, 1.82) is 0 Å². The molecule has 5 nitrogen and oxygen atoms in total. The minimum atomic E-state index is 0.312. The number of rotatable bonds is 3.